The molecule has 1 N–H and O–H groups in total. The first-order valence-electron chi connectivity index (χ1n) is 10.8. The van der Waals surface area contributed by atoms with Crippen LogP contribution in [-0.4, -0.2) is 52.5 Å². The molecule has 0 saturated carbocycles. The molecule has 1 aliphatic rings. The van der Waals surface area contributed by atoms with Crippen molar-refractivity contribution in [2.75, 3.05) is 27.3 Å². The molecule has 2 heterocycles. The predicted octanol–water partition coefficient (Wildman–Crippen LogP) is 3.00. The molecular weight excluding hydrogens is 464 g/mol. The van der Waals surface area contributed by atoms with Crippen LogP contribution in [0.4, 0.5) is 0 Å². The number of nitrogens with one attached hydrogen (secondary N) is 1. The third-order valence-electron chi connectivity index (χ3n) is 5.56. The van der Waals surface area contributed by atoms with Crippen LogP contribution in [0.2, 0.25) is 0 Å². The van der Waals surface area contributed by atoms with Crippen LogP contribution in [0.15, 0.2) is 28.5 Å². The molecule has 0 radical (unpaired) electrons. The second kappa shape index (κ2) is 10.7. The van der Waals surface area contributed by atoms with E-state index in [0.717, 1.165) is 16.9 Å². The molecule has 1 aromatic heterocycles. The van der Waals surface area contributed by atoms with Crippen LogP contribution in [-0.2, 0) is 38.9 Å². The summed E-state index contributed by atoms with van der Waals surface area (Å²) >= 11 is 1.04. The Morgan fingerprint density at radius 1 is 1.21 bits per heavy atom. The maximum Gasteiger partial charge on any atom is 0.340 e. The van der Waals surface area contributed by atoms with Gasteiger partial charge in [0, 0.05) is 23.5 Å². The summed E-state index contributed by atoms with van der Waals surface area (Å²) in [5.74, 6) is 0.226. The highest BCUT2D eigenvalue weighted by atomic mass is 32.2. The van der Waals surface area contributed by atoms with Gasteiger partial charge in [-0.25, -0.2) is 17.9 Å². The summed E-state index contributed by atoms with van der Waals surface area (Å²) in [6.45, 7) is 4.94. The van der Waals surface area contributed by atoms with Gasteiger partial charge >= 0.3 is 5.97 Å². The van der Waals surface area contributed by atoms with Crippen molar-refractivity contribution in [3.8, 4) is 5.75 Å². The van der Waals surface area contributed by atoms with Gasteiger partial charge in [0.05, 0.1) is 32.7 Å². The van der Waals surface area contributed by atoms with E-state index in [1.54, 1.807) is 12.0 Å². The number of thiophene rings is 1. The molecule has 1 amide bonds. The van der Waals surface area contributed by atoms with E-state index in [0.29, 0.717) is 41.5 Å². The Morgan fingerprint density at radius 3 is 2.61 bits per heavy atom. The minimum atomic E-state index is -3.88. The number of sulfonamides is 1. The Kier molecular flexibility index (Phi) is 8.14. The van der Waals surface area contributed by atoms with E-state index >= 15 is 0 Å². The molecule has 1 aromatic carbocycles. The lowest BCUT2D eigenvalue weighted by Crippen LogP contribution is -2.36. The number of esters is 1. The summed E-state index contributed by atoms with van der Waals surface area (Å²) < 4.78 is 38.8. The molecule has 0 saturated heterocycles. The van der Waals surface area contributed by atoms with Gasteiger partial charge in [-0.1, -0.05) is 32.0 Å². The lowest BCUT2D eigenvalue weighted by atomic mass is 10.0. The SMILES string of the molecule is COC(=O)c1c(S(=O)(=O)NCCC(C)C)sc2c1CCN(C(=O)Cc1ccccc1OC)C2. The quantitative estimate of drug-likeness (QED) is 0.538. The lowest BCUT2D eigenvalue weighted by Gasteiger charge is -2.27. The average molecular weight is 495 g/mol. The second-order valence-corrected chi connectivity index (χ2v) is 11.4. The highest BCUT2D eigenvalue weighted by Gasteiger charge is 2.35. The molecule has 0 atom stereocenters. The summed E-state index contributed by atoms with van der Waals surface area (Å²) in [5, 5.41) is 0. The van der Waals surface area contributed by atoms with Crippen molar-refractivity contribution in [2.45, 2.75) is 43.9 Å². The molecule has 0 aliphatic carbocycles. The minimum Gasteiger partial charge on any atom is -0.496 e. The number of para-hydroxylation sites is 1. The third-order valence-corrected chi connectivity index (χ3v) is 8.75. The standard InChI is InChI=1S/C23H30N2O6S2/c1-15(2)9-11-24-33(28,29)23-21(22(27)31-4)17-10-12-25(14-19(17)32-23)20(26)13-16-7-5-6-8-18(16)30-3/h5-8,15,24H,9-14H2,1-4H3. The van der Waals surface area contributed by atoms with Crippen molar-refractivity contribution >= 4 is 33.2 Å². The Balaban J connectivity index is 1.85. The normalized spacial score (nSPS) is 13.7. The van der Waals surface area contributed by atoms with Crippen LogP contribution in [0.5, 0.6) is 5.75 Å². The van der Waals surface area contributed by atoms with Crippen LogP contribution in [0, 0.1) is 5.92 Å². The number of fused-ring (bicyclic) bond motifs is 1. The molecule has 3 rings (SSSR count). The zero-order valence-corrected chi connectivity index (χ0v) is 21.0. The summed E-state index contributed by atoms with van der Waals surface area (Å²) in [7, 11) is -1.08. The van der Waals surface area contributed by atoms with Gasteiger partial charge in [0.1, 0.15) is 9.96 Å². The van der Waals surface area contributed by atoms with E-state index in [1.807, 2.05) is 38.1 Å². The van der Waals surface area contributed by atoms with Crippen LogP contribution in [0.3, 0.4) is 0 Å². The Labute approximate surface area is 198 Å². The molecule has 1 aliphatic heterocycles. The average Bonchev–Trinajstić information content (AvgIpc) is 3.18. The fourth-order valence-electron chi connectivity index (χ4n) is 3.76. The van der Waals surface area contributed by atoms with Crippen molar-refractivity contribution < 1.29 is 27.5 Å². The first kappa shape index (κ1) is 25.2. The van der Waals surface area contributed by atoms with Crippen molar-refractivity contribution in [2.24, 2.45) is 5.92 Å². The van der Waals surface area contributed by atoms with Crippen LogP contribution in [0.25, 0.3) is 0 Å². The molecular formula is C23H30N2O6S2. The Bertz CT molecular complexity index is 1120. The molecule has 2 aromatic rings. The van der Waals surface area contributed by atoms with E-state index in [9.17, 15) is 18.0 Å². The van der Waals surface area contributed by atoms with Crippen molar-refractivity contribution in [1.29, 1.82) is 0 Å². The number of hydrogen-bond donors (Lipinski definition) is 1. The highest BCUT2D eigenvalue weighted by Crippen LogP contribution is 2.37. The number of hydrogen-bond acceptors (Lipinski definition) is 7. The summed E-state index contributed by atoms with van der Waals surface area (Å²) in [4.78, 5) is 27.9. The van der Waals surface area contributed by atoms with Gasteiger partial charge in [-0.2, -0.15) is 0 Å². The summed E-state index contributed by atoms with van der Waals surface area (Å²) in [5.41, 5.74) is 1.53. The molecule has 10 heteroatoms. The topological polar surface area (TPSA) is 102 Å². The van der Waals surface area contributed by atoms with E-state index in [-0.39, 0.29) is 35.2 Å². The maximum atomic E-state index is 13.0. The molecule has 33 heavy (non-hydrogen) atoms. The van der Waals surface area contributed by atoms with E-state index in [4.69, 9.17) is 9.47 Å². The second-order valence-electron chi connectivity index (χ2n) is 8.29. The number of benzene rings is 1. The lowest BCUT2D eigenvalue weighted by molar-refractivity contribution is -0.131. The fourth-order valence-corrected chi connectivity index (χ4v) is 6.75. The Morgan fingerprint density at radius 2 is 1.94 bits per heavy atom. The van der Waals surface area contributed by atoms with Gasteiger partial charge in [-0.3, -0.25) is 4.79 Å². The smallest absolute Gasteiger partial charge is 0.340 e. The van der Waals surface area contributed by atoms with Crippen molar-refractivity contribution in [3.05, 3.63) is 45.8 Å². The molecule has 0 fully saturated rings. The van der Waals surface area contributed by atoms with Gasteiger partial charge in [0.2, 0.25) is 5.91 Å². The zero-order chi connectivity index (χ0) is 24.2. The van der Waals surface area contributed by atoms with E-state index < -0.39 is 16.0 Å². The van der Waals surface area contributed by atoms with E-state index in [2.05, 4.69) is 4.72 Å². The maximum absolute atomic E-state index is 13.0. The molecule has 8 nitrogen and oxygen atoms in total. The first-order valence-corrected chi connectivity index (χ1v) is 13.1. The molecule has 180 valence electrons. The number of nitrogens with zero attached hydrogens (tertiary/aromatic N) is 1. The van der Waals surface area contributed by atoms with Gasteiger partial charge in [0.15, 0.2) is 0 Å². The number of rotatable bonds is 9. The molecule has 0 bridgehead atoms. The number of methoxy groups -OCH3 is 2. The summed E-state index contributed by atoms with van der Waals surface area (Å²) in [6.07, 6.45) is 1.25. The predicted molar refractivity (Wildman–Crippen MR) is 126 cm³/mol. The van der Waals surface area contributed by atoms with Gasteiger partial charge < -0.3 is 14.4 Å². The van der Waals surface area contributed by atoms with Crippen LogP contribution < -0.4 is 9.46 Å². The van der Waals surface area contributed by atoms with E-state index in [1.165, 1.54) is 7.11 Å². The number of ether oxygens (including phenoxy) is 2. The number of amides is 1. The fraction of sp³-hybridized carbons (Fsp3) is 0.478. The van der Waals surface area contributed by atoms with Crippen molar-refractivity contribution in [1.82, 2.24) is 9.62 Å². The van der Waals surface area contributed by atoms with Crippen LogP contribution in [0.1, 0.15) is 46.6 Å². The van der Waals surface area contributed by atoms with Gasteiger partial charge in [0.25, 0.3) is 10.0 Å². The third kappa shape index (κ3) is 5.74. The minimum absolute atomic E-state index is 0.0397. The number of carbonyl (C=O) groups excluding carboxylic acids is 2. The Hall–Kier alpha value is -2.43. The largest absolute Gasteiger partial charge is 0.496 e. The molecule has 0 spiro atoms. The number of carbonyl (C=O) groups is 2. The monoisotopic (exact) mass is 494 g/mol. The summed E-state index contributed by atoms with van der Waals surface area (Å²) in [6, 6.07) is 7.35. The van der Waals surface area contributed by atoms with Gasteiger partial charge in [-0.05, 0) is 30.4 Å². The molecule has 0 unspecified atom stereocenters. The van der Waals surface area contributed by atoms with Gasteiger partial charge in [-0.15, -0.1) is 11.3 Å². The van der Waals surface area contributed by atoms with Crippen molar-refractivity contribution in [3.63, 3.8) is 0 Å². The highest BCUT2D eigenvalue weighted by molar-refractivity contribution is 7.91. The van der Waals surface area contributed by atoms with Crippen LogP contribution >= 0.6 is 11.3 Å². The first-order chi connectivity index (χ1) is 15.7. The zero-order valence-electron chi connectivity index (χ0n) is 19.3.